The van der Waals surface area contributed by atoms with Crippen LogP contribution in [0, 0.1) is 0 Å². The summed E-state index contributed by atoms with van der Waals surface area (Å²) in [5.41, 5.74) is 2.00. The number of halogens is 2. The number of nitrogens with one attached hydrogen (secondary N) is 1. The lowest BCUT2D eigenvalue weighted by Gasteiger charge is -2.22. The van der Waals surface area contributed by atoms with Crippen molar-refractivity contribution in [2.45, 2.75) is 45.1 Å². The van der Waals surface area contributed by atoms with Crippen LogP contribution in [-0.2, 0) is 22.7 Å². The van der Waals surface area contributed by atoms with Crippen LogP contribution in [0.1, 0.15) is 30.4 Å². The zero-order chi connectivity index (χ0) is 22.8. The summed E-state index contributed by atoms with van der Waals surface area (Å²) in [6.45, 7) is -0.398. The lowest BCUT2D eigenvalue weighted by atomic mass is 10.2. The molecule has 6 nitrogen and oxygen atoms in total. The summed E-state index contributed by atoms with van der Waals surface area (Å²) in [5, 5.41) is 2.94. The number of benzene rings is 2. The minimum atomic E-state index is -2.91. The molecule has 8 heteroatoms. The van der Waals surface area contributed by atoms with Gasteiger partial charge in [0, 0.05) is 25.7 Å². The van der Waals surface area contributed by atoms with Crippen molar-refractivity contribution in [3.05, 3.63) is 59.7 Å². The molecule has 1 fully saturated rings. The van der Waals surface area contributed by atoms with Gasteiger partial charge in [-0.25, -0.2) is 0 Å². The van der Waals surface area contributed by atoms with Gasteiger partial charge in [0.25, 0.3) is 0 Å². The van der Waals surface area contributed by atoms with Crippen LogP contribution in [0.15, 0.2) is 48.5 Å². The van der Waals surface area contributed by atoms with Gasteiger partial charge >= 0.3 is 6.61 Å². The van der Waals surface area contributed by atoms with Gasteiger partial charge in [-0.05, 0) is 42.5 Å². The summed E-state index contributed by atoms with van der Waals surface area (Å²) < 4.78 is 40.3. The Morgan fingerprint density at radius 3 is 2.59 bits per heavy atom. The number of methoxy groups -OCH3 is 1. The van der Waals surface area contributed by atoms with E-state index >= 15 is 0 Å². The molecule has 174 valence electrons. The molecule has 1 saturated carbocycles. The first-order chi connectivity index (χ1) is 15.5. The summed E-state index contributed by atoms with van der Waals surface area (Å²) in [5.74, 6) is 0.208. The molecule has 0 spiro atoms. The zero-order valence-corrected chi connectivity index (χ0v) is 18.3. The largest absolute Gasteiger partial charge is 0.493 e. The van der Waals surface area contributed by atoms with Crippen molar-refractivity contribution >= 4 is 5.91 Å². The van der Waals surface area contributed by atoms with Crippen LogP contribution in [0.4, 0.5) is 8.78 Å². The Balaban J connectivity index is 1.40. The van der Waals surface area contributed by atoms with E-state index in [4.69, 9.17) is 9.47 Å². The lowest BCUT2D eigenvalue weighted by molar-refractivity contribution is -0.122. The fraction of sp³-hybridized carbons (Fsp3) is 0.458. The number of carbonyl (C=O) groups excluding carboxylic acids is 1. The fourth-order valence-electron chi connectivity index (χ4n) is 3.40. The second-order valence-electron chi connectivity index (χ2n) is 7.74. The number of rotatable bonds is 14. The maximum atomic E-state index is 12.5. The quantitative estimate of drug-likeness (QED) is 0.443. The van der Waals surface area contributed by atoms with E-state index in [0.29, 0.717) is 32.3 Å². The van der Waals surface area contributed by atoms with Crippen molar-refractivity contribution in [2.24, 2.45) is 0 Å². The first-order valence-electron chi connectivity index (χ1n) is 10.8. The smallest absolute Gasteiger partial charge is 0.387 e. The Labute approximate surface area is 187 Å². The minimum absolute atomic E-state index is 0.00329. The molecule has 0 bridgehead atoms. The molecular weight excluding hydrogens is 418 g/mol. The number of alkyl halides is 2. The molecule has 1 N–H and O–H groups in total. The van der Waals surface area contributed by atoms with Crippen molar-refractivity contribution in [3.63, 3.8) is 0 Å². The number of hydrogen-bond acceptors (Lipinski definition) is 5. The molecule has 1 aliphatic rings. The summed E-state index contributed by atoms with van der Waals surface area (Å²) in [4.78, 5) is 14.5. The standard InChI is InChI=1S/C24H30F2N2O4/c1-30-22-14-19(8-11-21(22)32-24(25)26)15-28(20-9-10-20)16-23(29)27-12-5-13-31-17-18-6-3-2-4-7-18/h2-4,6-8,11,14,20,24H,5,9-10,12-13,15-17H2,1H3,(H,27,29). The Morgan fingerprint density at radius 1 is 1.12 bits per heavy atom. The predicted octanol–water partition coefficient (Wildman–Crippen LogP) is 3.98. The third kappa shape index (κ3) is 8.09. The first kappa shape index (κ1) is 23.9. The Morgan fingerprint density at radius 2 is 1.91 bits per heavy atom. The van der Waals surface area contributed by atoms with Gasteiger partial charge in [-0.2, -0.15) is 8.78 Å². The monoisotopic (exact) mass is 448 g/mol. The average molecular weight is 449 g/mol. The highest BCUT2D eigenvalue weighted by Crippen LogP contribution is 2.32. The maximum Gasteiger partial charge on any atom is 0.387 e. The minimum Gasteiger partial charge on any atom is -0.493 e. The lowest BCUT2D eigenvalue weighted by Crippen LogP contribution is -2.38. The van der Waals surface area contributed by atoms with Gasteiger partial charge in [0.1, 0.15) is 0 Å². The van der Waals surface area contributed by atoms with Crippen LogP contribution in [-0.4, -0.2) is 50.3 Å². The predicted molar refractivity (Wildman–Crippen MR) is 117 cm³/mol. The third-order valence-electron chi connectivity index (χ3n) is 5.14. The van der Waals surface area contributed by atoms with Crippen molar-refractivity contribution in [1.82, 2.24) is 10.2 Å². The topological polar surface area (TPSA) is 60.0 Å². The van der Waals surface area contributed by atoms with E-state index in [1.54, 1.807) is 12.1 Å². The SMILES string of the molecule is COc1cc(CN(CC(=O)NCCCOCc2ccccc2)C2CC2)ccc1OC(F)F. The maximum absolute atomic E-state index is 12.5. The number of nitrogens with zero attached hydrogens (tertiary/aromatic N) is 1. The highest BCUT2D eigenvalue weighted by molar-refractivity contribution is 5.78. The van der Waals surface area contributed by atoms with Gasteiger partial charge in [-0.15, -0.1) is 0 Å². The number of carbonyl (C=O) groups is 1. The second kappa shape index (κ2) is 12.4. The zero-order valence-electron chi connectivity index (χ0n) is 18.3. The van der Waals surface area contributed by atoms with E-state index in [1.165, 1.54) is 13.2 Å². The number of amides is 1. The summed E-state index contributed by atoms with van der Waals surface area (Å²) >= 11 is 0. The molecule has 0 aromatic heterocycles. The van der Waals surface area contributed by atoms with Gasteiger partial charge in [-0.3, -0.25) is 9.69 Å². The number of ether oxygens (including phenoxy) is 3. The van der Waals surface area contributed by atoms with E-state index in [1.807, 2.05) is 30.3 Å². The Kier molecular flexibility index (Phi) is 9.25. The molecule has 3 rings (SSSR count). The molecule has 0 atom stereocenters. The first-order valence-corrected chi connectivity index (χ1v) is 10.8. The van der Waals surface area contributed by atoms with E-state index in [2.05, 4.69) is 15.0 Å². The molecule has 0 saturated heterocycles. The normalized spacial score (nSPS) is 13.4. The summed E-state index contributed by atoms with van der Waals surface area (Å²) in [6.07, 6.45) is 2.83. The molecule has 32 heavy (non-hydrogen) atoms. The van der Waals surface area contributed by atoms with E-state index in [-0.39, 0.29) is 24.0 Å². The van der Waals surface area contributed by atoms with Gasteiger partial charge in [-0.1, -0.05) is 36.4 Å². The fourth-order valence-corrected chi connectivity index (χ4v) is 3.40. The Bertz CT molecular complexity index is 847. The molecule has 0 heterocycles. The van der Waals surface area contributed by atoms with Crippen molar-refractivity contribution in [3.8, 4) is 11.5 Å². The van der Waals surface area contributed by atoms with Crippen molar-refractivity contribution in [1.29, 1.82) is 0 Å². The summed E-state index contributed by atoms with van der Waals surface area (Å²) in [7, 11) is 1.41. The van der Waals surface area contributed by atoms with Crippen LogP contribution in [0.25, 0.3) is 0 Å². The van der Waals surface area contributed by atoms with Gasteiger partial charge in [0.05, 0.1) is 20.3 Å². The number of hydrogen-bond donors (Lipinski definition) is 1. The van der Waals surface area contributed by atoms with Crippen LogP contribution in [0.5, 0.6) is 11.5 Å². The molecule has 2 aromatic carbocycles. The highest BCUT2D eigenvalue weighted by atomic mass is 19.3. The van der Waals surface area contributed by atoms with Gasteiger partial charge < -0.3 is 19.5 Å². The molecular formula is C24H30F2N2O4. The van der Waals surface area contributed by atoms with E-state index < -0.39 is 6.61 Å². The van der Waals surface area contributed by atoms with Gasteiger partial charge in [0.2, 0.25) is 5.91 Å². The molecule has 1 amide bonds. The third-order valence-corrected chi connectivity index (χ3v) is 5.14. The molecule has 0 aliphatic heterocycles. The highest BCUT2D eigenvalue weighted by Gasteiger charge is 2.30. The van der Waals surface area contributed by atoms with Crippen LogP contribution in [0.3, 0.4) is 0 Å². The molecule has 1 aliphatic carbocycles. The second-order valence-corrected chi connectivity index (χ2v) is 7.74. The van der Waals surface area contributed by atoms with Crippen LogP contribution < -0.4 is 14.8 Å². The van der Waals surface area contributed by atoms with E-state index in [9.17, 15) is 13.6 Å². The van der Waals surface area contributed by atoms with Crippen molar-refractivity contribution < 1.29 is 27.8 Å². The van der Waals surface area contributed by atoms with Gasteiger partial charge in [0.15, 0.2) is 11.5 Å². The van der Waals surface area contributed by atoms with E-state index in [0.717, 1.165) is 30.4 Å². The molecule has 0 unspecified atom stereocenters. The average Bonchev–Trinajstić information content (AvgIpc) is 3.62. The molecule has 2 aromatic rings. The molecule has 0 radical (unpaired) electrons. The van der Waals surface area contributed by atoms with Crippen LogP contribution in [0.2, 0.25) is 0 Å². The van der Waals surface area contributed by atoms with Crippen LogP contribution >= 0.6 is 0 Å². The van der Waals surface area contributed by atoms with Crippen molar-refractivity contribution in [2.75, 3.05) is 26.8 Å². The summed E-state index contributed by atoms with van der Waals surface area (Å²) in [6, 6.07) is 15.2. The Hall–Kier alpha value is -2.71.